The lowest BCUT2D eigenvalue weighted by Gasteiger charge is -2.19. The quantitative estimate of drug-likeness (QED) is 0.0420. The summed E-state index contributed by atoms with van der Waals surface area (Å²) in [6.45, 7) is 4.32. The molecule has 4 heteroatoms. The minimum Gasteiger partial charge on any atom is -0.394 e. The van der Waals surface area contributed by atoms with Gasteiger partial charge in [-0.05, 0) is 83.5 Å². The molecule has 4 nitrogen and oxygen atoms in total. The van der Waals surface area contributed by atoms with E-state index >= 15 is 0 Å². The van der Waals surface area contributed by atoms with Gasteiger partial charge in [-0.2, -0.15) is 0 Å². The summed E-state index contributed by atoms with van der Waals surface area (Å²) in [5, 5.41) is 23.3. The fourth-order valence-corrected chi connectivity index (χ4v) is 11.9. The third-order valence-electron chi connectivity index (χ3n) is 17.6. The van der Waals surface area contributed by atoms with Crippen LogP contribution in [0.5, 0.6) is 0 Å². The first-order valence-corrected chi connectivity index (χ1v) is 38.2. The monoisotopic (exact) mass is 1170 g/mol. The first kappa shape index (κ1) is 81.8. The molecule has 0 rings (SSSR count). The zero-order chi connectivity index (χ0) is 60.5. The highest BCUT2D eigenvalue weighted by Crippen LogP contribution is 2.19. The molecule has 0 aliphatic heterocycles. The lowest BCUT2D eigenvalue weighted by Crippen LogP contribution is -2.45. The maximum absolute atomic E-state index is 12.6. The maximum Gasteiger partial charge on any atom is 0.220 e. The van der Waals surface area contributed by atoms with E-state index in [4.69, 9.17) is 0 Å². The summed E-state index contributed by atoms with van der Waals surface area (Å²) in [5.74, 6) is -0.0714. The van der Waals surface area contributed by atoms with Crippen LogP contribution in [-0.4, -0.2) is 34.9 Å². The molecule has 0 aromatic carbocycles. The van der Waals surface area contributed by atoms with Crippen molar-refractivity contribution < 1.29 is 15.0 Å². The minimum atomic E-state index is -0.874. The van der Waals surface area contributed by atoms with E-state index in [9.17, 15) is 15.0 Å². The molecule has 0 aliphatic rings. The van der Waals surface area contributed by atoms with Crippen LogP contribution in [0.2, 0.25) is 0 Å². The number of rotatable bonds is 71. The van der Waals surface area contributed by atoms with Crippen molar-refractivity contribution in [3.8, 4) is 0 Å². The maximum atomic E-state index is 12.6. The number of aliphatic hydroxyl groups is 2. The summed E-state index contributed by atoms with van der Waals surface area (Å²) in [6, 6.07) is -0.649. The third-order valence-corrected chi connectivity index (χ3v) is 17.6. The average molecular weight is 1170 g/mol. The topological polar surface area (TPSA) is 69.6 Å². The number of aliphatic hydroxyl groups excluding tert-OH is 2. The Morgan fingerprint density at radius 2 is 0.500 bits per heavy atom. The Bertz CT molecular complexity index is 1420. The highest BCUT2D eigenvalue weighted by atomic mass is 16.3. The van der Waals surface area contributed by atoms with Gasteiger partial charge in [0, 0.05) is 6.42 Å². The highest BCUT2D eigenvalue weighted by Gasteiger charge is 2.18. The number of carbonyl (C=O) groups is 1. The van der Waals surface area contributed by atoms with Gasteiger partial charge in [0.2, 0.25) is 5.91 Å². The van der Waals surface area contributed by atoms with Crippen LogP contribution in [0.25, 0.3) is 0 Å². The van der Waals surface area contributed by atoms with Gasteiger partial charge < -0.3 is 15.5 Å². The first-order valence-electron chi connectivity index (χ1n) is 38.2. The van der Waals surface area contributed by atoms with Crippen LogP contribution < -0.4 is 5.32 Å². The Morgan fingerprint density at radius 1 is 0.286 bits per heavy atom. The van der Waals surface area contributed by atoms with Crippen LogP contribution in [0.4, 0.5) is 0 Å². The van der Waals surface area contributed by atoms with Crippen LogP contribution >= 0.6 is 0 Å². The smallest absolute Gasteiger partial charge is 0.220 e. The second kappa shape index (κ2) is 75.1. The fourth-order valence-electron chi connectivity index (χ4n) is 11.9. The Hall–Kier alpha value is -2.17. The first-order chi connectivity index (χ1) is 41.7. The number of hydrogen-bond acceptors (Lipinski definition) is 3. The molecule has 84 heavy (non-hydrogen) atoms. The van der Waals surface area contributed by atoms with Gasteiger partial charge in [0.05, 0.1) is 18.8 Å². The molecule has 0 saturated carbocycles. The predicted octanol–water partition coefficient (Wildman–Crippen LogP) is 26.4. The van der Waals surface area contributed by atoms with Crippen molar-refractivity contribution >= 4 is 5.91 Å². The van der Waals surface area contributed by atoms with Crippen molar-refractivity contribution in [1.29, 1.82) is 0 Å². The Balaban J connectivity index is 3.46. The minimum absolute atomic E-state index is 0.0714. The molecular formula is C80H149NO3. The molecule has 0 aliphatic carbocycles. The largest absolute Gasteiger partial charge is 0.394 e. The molecule has 0 saturated heterocycles. The van der Waals surface area contributed by atoms with E-state index in [-0.39, 0.29) is 12.5 Å². The summed E-state index contributed by atoms with van der Waals surface area (Å²) >= 11 is 0. The number of carbonyl (C=O) groups excluding carboxylic acids is 1. The Kier molecular flexibility index (Phi) is 73.1. The highest BCUT2D eigenvalue weighted by molar-refractivity contribution is 5.76. The number of amides is 1. The van der Waals surface area contributed by atoms with Gasteiger partial charge in [-0.15, -0.1) is 0 Å². The molecule has 0 aromatic heterocycles. The Morgan fingerprint density at radius 3 is 0.774 bits per heavy atom. The van der Waals surface area contributed by atoms with Crippen molar-refractivity contribution in [3.63, 3.8) is 0 Å². The molecule has 1 amide bonds. The Labute approximate surface area is 527 Å². The van der Waals surface area contributed by atoms with Crippen LogP contribution in [-0.2, 0) is 4.79 Å². The van der Waals surface area contributed by atoms with Crippen molar-refractivity contribution in [2.75, 3.05) is 6.61 Å². The average Bonchev–Trinajstić information content (AvgIpc) is 3.51. The SMILES string of the molecule is CCCCCCC/C=C\C/C=C\C/C=C\CCCCCCCCCCCCCCCCCCCCCCCCCCC(=O)NC(CO)C(O)/C=C/CC/C=C/CC/C=C/CCCCCCCCCCCCCCCCCCCCCCCCC. The van der Waals surface area contributed by atoms with E-state index in [1.54, 1.807) is 6.08 Å². The molecular weight excluding hydrogens is 1020 g/mol. The number of nitrogens with one attached hydrogen (secondary N) is 1. The van der Waals surface area contributed by atoms with Gasteiger partial charge in [0.25, 0.3) is 0 Å². The molecule has 0 heterocycles. The number of unbranched alkanes of at least 4 members (excludes halogenated alkanes) is 54. The van der Waals surface area contributed by atoms with Gasteiger partial charge in [-0.3, -0.25) is 4.79 Å². The van der Waals surface area contributed by atoms with Gasteiger partial charge in [-0.25, -0.2) is 0 Å². The van der Waals surface area contributed by atoms with Crippen molar-refractivity contribution in [2.45, 2.75) is 424 Å². The summed E-state index contributed by atoms with van der Waals surface area (Å²) in [5.41, 5.74) is 0. The van der Waals surface area contributed by atoms with Crippen molar-refractivity contribution in [1.82, 2.24) is 5.32 Å². The molecule has 492 valence electrons. The van der Waals surface area contributed by atoms with E-state index in [2.05, 4.69) is 79.9 Å². The van der Waals surface area contributed by atoms with Crippen molar-refractivity contribution in [2.24, 2.45) is 0 Å². The van der Waals surface area contributed by atoms with E-state index < -0.39 is 12.1 Å². The van der Waals surface area contributed by atoms with Crippen molar-refractivity contribution in [3.05, 3.63) is 72.9 Å². The summed E-state index contributed by atoms with van der Waals surface area (Å²) in [4.78, 5) is 12.6. The number of hydrogen-bond donors (Lipinski definition) is 3. The molecule has 2 unspecified atom stereocenters. The zero-order valence-electron chi connectivity index (χ0n) is 56.9. The molecule has 0 fully saturated rings. The third kappa shape index (κ3) is 70.6. The fraction of sp³-hybridized carbons (Fsp3) is 0.838. The van der Waals surface area contributed by atoms with E-state index in [0.717, 1.165) is 51.4 Å². The lowest BCUT2D eigenvalue weighted by molar-refractivity contribution is -0.123. The van der Waals surface area contributed by atoms with Gasteiger partial charge >= 0.3 is 0 Å². The van der Waals surface area contributed by atoms with E-state index in [0.29, 0.717) is 6.42 Å². The van der Waals surface area contributed by atoms with Crippen LogP contribution in [0.1, 0.15) is 412 Å². The standard InChI is InChI=1S/C80H149NO3/c1-3-5-7-9-11-13-15-17-19-21-23-25-27-29-31-33-35-37-38-39-40-41-42-44-46-48-50-52-54-56-58-60-62-64-66-68-70-72-74-76-80(84)81-78(77-82)79(83)75-73-71-69-67-65-63-61-59-57-55-53-51-49-47-45-43-36-34-32-30-28-26-24-22-20-18-16-14-12-10-8-6-4-2/h15,17,21,23,27,29,57,59,65,67,73,75,78-79,82-83H,3-14,16,18-20,22,24-26,28,30-56,58,60-64,66,68-72,74,76-77H2,1-2H3,(H,81,84)/b17-15-,23-21-,29-27-,59-57+,67-65+,75-73+. The molecule has 0 spiro atoms. The van der Waals surface area contributed by atoms with Gasteiger partial charge in [-0.1, -0.05) is 395 Å². The molecule has 0 bridgehead atoms. The summed E-state index contributed by atoms with van der Waals surface area (Å²) in [7, 11) is 0. The van der Waals surface area contributed by atoms with Crippen LogP contribution in [0.3, 0.4) is 0 Å². The number of allylic oxidation sites excluding steroid dienone is 11. The molecule has 0 aromatic rings. The van der Waals surface area contributed by atoms with Gasteiger partial charge in [0.1, 0.15) is 0 Å². The molecule has 3 N–H and O–H groups in total. The second-order valence-electron chi connectivity index (χ2n) is 26.1. The van der Waals surface area contributed by atoms with Crippen LogP contribution in [0, 0.1) is 0 Å². The lowest BCUT2D eigenvalue weighted by atomic mass is 10.0. The van der Waals surface area contributed by atoms with E-state index in [1.165, 1.54) is 340 Å². The second-order valence-corrected chi connectivity index (χ2v) is 26.1. The summed E-state index contributed by atoms with van der Waals surface area (Å²) in [6.07, 6.45) is 109. The molecule has 2 atom stereocenters. The van der Waals surface area contributed by atoms with Gasteiger partial charge in [0.15, 0.2) is 0 Å². The predicted molar refractivity (Wildman–Crippen MR) is 377 cm³/mol. The van der Waals surface area contributed by atoms with E-state index in [1.807, 2.05) is 6.08 Å². The van der Waals surface area contributed by atoms with Crippen LogP contribution in [0.15, 0.2) is 72.9 Å². The zero-order valence-corrected chi connectivity index (χ0v) is 56.9. The normalized spacial score (nSPS) is 13.0. The summed E-state index contributed by atoms with van der Waals surface area (Å²) < 4.78 is 0. The molecule has 0 radical (unpaired) electrons.